The van der Waals surface area contributed by atoms with Crippen molar-refractivity contribution in [2.24, 2.45) is 11.8 Å². The van der Waals surface area contributed by atoms with Gasteiger partial charge >= 0.3 is 0 Å². The smallest absolute Gasteiger partial charge is 0.256 e. The molecule has 0 spiro atoms. The summed E-state index contributed by atoms with van der Waals surface area (Å²) in [7, 11) is 0. The maximum atomic E-state index is 12.0. The first-order valence-electron chi connectivity index (χ1n) is 6.66. The van der Waals surface area contributed by atoms with E-state index in [4.69, 9.17) is 5.73 Å². The number of nitrogens with two attached hydrogens (primary N) is 1. The van der Waals surface area contributed by atoms with Crippen LogP contribution in [0.5, 0.6) is 0 Å². The standard InChI is InChI=1S/C13H22N4O/c1-8-3-5-10(6-4-8)7-15-13(18)11-9(2)16-17-12(11)14/h8,10H,3-7H2,1-2H3,(H,15,18)(H3,14,16,17). The lowest BCUT2D eigenvalue weighted by atomic mass is 9.83. The first kappa shape index (κ1) is 12.9. The Labute approximate surface area is 108 Å². The van der Waals surface area contributed by atoms with E-state index in [1.807, 2.05) is 0 Å². The van der Waals surface area contributed by atoms with Crippen molar-refractivity contribution in [3.63, 3.8) is 0 Å². The van der Waals surface area contributed by atoms with Crippen molar-refractivity contribution in [1.82, 2.24) is 15.5 Å². The second-order valence-corrected chi connectivity index (χ2v) is 5.44. The molecule has 1 amide bonds. The minimum Gasteiger partial charge on any atom is -0.382 e. The minimum absolute atomic E-state index is 0.114. The van der Waals surface area contributed by atoms with E-state index < -0.39 is 0 Å². The lowest BCUT2D eigenvalue weighted by molar-refractivity contribution is 0.0942. The molecule has 1 aliphatic rings. The fourth-order valence-electron chi connectivity index (χ4n) is 2.59. The molecule has 0 saturated heterocycles. The number of nitrogen functional groups attached to an aromatic ring is 1. The number of anilines is 1. The van der Waals surface area contributed by atoms with Crippen molar-refractivity contribution in [2.75, 3.05) is 12.3 Å². The van der Waals surface area contributed by atoms with Gasteiger partial charge in [-0.15, -0.1) is 0 Å². The number of hydrogen-bond acceptors (Lipinski definition) is 3. The Bertz CT molecular complexity index is 399. The number of aromatic nitrogens is 2. The van der Waals surface area contributed by atoms with E-state index in [1.54, 1.807) is 6.92 Å². The maximum Gasteiger partial charge on any atom is 0.256 e. The van der Waals surface area contributed by atoms with Gasteiger partial charge in [0.25, 0.3) is 5.91 Å². The molecule has 2 rings (SSSR count). The average molecular weight is 250 g/mol. The quantitative estimate of drug-likeness (QED) is 0.765. The second kappa shape index (κ2) is 5.42. The predicted octanol–water partition coefficient (Wildman–Crippen LogP) is 1.86. The van der Waals surface area contributed by atoms with E-state index in [-0.39, 0.29) is 11.7 Å². The highest BCUT2D eigenvalue weighted by atomic mass is 16.1. The predicted molar refractivity (Wildman–Crippen MR) is 71.2 cm³/mol. The lowest BCUT2D eigenvalue weighted by Gasteiger charge is -2.26. The van der Waals surface area contributed by atoms with Crippen LogP contribution in [-0.2, 0) is 0 Å². The molecule has 1 fully saturated rings. The van der Waals surface area contributed by atoms with Gasteiger partial charge in [-0.25, -0.2) is 0 Å². The second-order valence-electron chi connectivity index (χ2n) is 5.44. The zero-order valence-corrected chi connectivity index (χ0v) is 11.1. The van der Waals surface area contributed by atoms with Gasteiger partial charge < -0.3 is 11.1 Å². The molecule has 5 nitrogen and oxygen atoms in total. The first-order valence-corrected chi connectivity index (χ1v) is 6.66. The van der Waals surface area contributed by atoms with Gasteiger partial charge in [0, 0.05) is 12.2 Å². The number of carbonyl (C=O) groups excluding carboxylic acids is 1. The molecule has 0 atom stereocenters. The van der Waals surface area contributed by atoms with Crippen molar-refractivity contribution in [3.05, 3.63) is 11.3 Å². The number of H-pyrrole nitrogens is 1. The van der Waals surface area contributed by atoms with Gasteiger partial charge in [-0.2, -0.15) is 5.10 Å². The Kier molecular flexibility index (Phi) is 3.89. The summed E-state index contributed by atoms with van der Waals surface area (Å²) >= 11 is 0. The number of rotatable bonds is 3. The molecule has 4 N–H and O–H groups in total. The molecular weight excluding hydrogens is 228 g/mol. The van der Waals surface area contributed by atoms with Crippen LogP contribution in [0.25, 0.3) is 0 Å². The van der Waals surface area contributed by atoms with Crippen LogP contribution in [-0.4, -0.2) is 22.6 Å². The normalized spacial score (nSPS) is 23.9. The van der Waals surface area contributed by atoms with Crippen molar-refractivity contribution in [2.45, 2.75) is 39.5 Å². The van der Waals surface area contributed by atoms with E-state index in [9.17, 15) is 4.79 Å². The fraction of sp³-hybridized carbons (Fsp3) is 0.692. The molecule has 1 aromatic rings. The van der Waals surface area contributed by atoms with Crippen LogP contribution in [0.4, 0.5) is 5.82 Å². The van der Waals surface area contributed by atoms with Gasteiger partial charge in [-0.1, -0.05) is 19.8 Å². The highest BCUT2D eigenvalue weighted by Gasteiger charge is 2.20. The van der Waals surface area contributed by atoms with Gasteiger partial charge in [0.15, 0.2) is 5.82 Å². The molecule has 5 heteroatoms. The van der Waals surface area contributed by atoms with E-state index in [2.05, 4.69) is 22.4 Å². The molecule has 0 aromatic carbocycles. The van der Waals surface area contributed by atoms with Crippen LogP contribution in [0.15, 0.2) is 0 Å². The van der Waals surface area contributed by atoms with Crippen LogP contribution < -0.4 is 11.1 Å². The highest BCUT2D eigenvalue weighted by Crippen LogP contribution is 2.27. The minimum atomic E-state index is -0.114. The molecule has 1 saturated carbocycles. The van der Waals surface area contributed by atoms with E-state index >= 15 is 0 Å². The molecular formula is C13H22N4O. The summed E-state index contributed by atoms with van der Waals surface area (Å²) in [5.74, 6) is 1.61. The van der Waals surface area contributed by atoms with Gasteiger partial charge in [-0.3, -0.25) is 9.89 Å². The number of amides is 1. The summed E-state index contributed by atoms with van der Waals surface area (Å²) in [5.41, 5.74) is 6.88. The molecule has 0 radical (unpaired) electrons. The number of aromatic amines is 1. The van der Waals surface area contributed by atoms with Gasteiger partial charge in [-0.05, 0) is 31.6 Å². The number of hydrogen-bond donors (Lipinski definition) is 3. The molecule has 0 bridgehead atoms. The Morgan fingerprint density at radius 2 is 2.11 bits per heavy atom. The van der Waals surface area contributed by atoms with Crippen LogP contribution in [0, 0.1) is 18.8 Å². The average Bonchev–Trinajstić information content (AvgIpc) is 2.68. The summed E-state index contributed by atoms with van der Waals surface area (Å²) in [6, 6.07) is 0. The largest absolute Gasteiger partial charge is 0.382 e. The van der Waals surface area contributed by atoms with Crippen molar-refractivity contribution < 1.29 is 4.79 Å². The van der Waals surface area contributed by atoms with Crippen LogP contribution in [0.2, 0.25) is 0 Å². The molecule has 100 valence electrons. The zero-order valence-electron chi connectivity index (χ0n) is 11.1. The summed E-state index contributed by atoms with van der Waals surface area (Å²) in [6.07, 6.45) is 4.96. The third-order valence-corrected chi connectivity index (χ3v) is 3.89. The number of carbonyl (C=O) groups is 1. The zero-order chi connectivity index (χ0) is 13.1. The van der Waals surface area contributed by atoms with Gasteiger partial charge in [0.05, 0.1) is 0 Å². The van der Waals surface area contributed by atoms with Crippen molar-refractivity contribution >= 4 is 11.7 Å². The van der Waals surface area contributed by atoms with E-state index in [0.717, 1.165) is 18.2 Å². The number of nitrogens with zero attached hydrogens (tertiary/aromatic N) is 1. The molecule has 1 aromatic heterocycles. The molecule has 1 heterocycles. The van der Waals surface area contributed by atoms with Crippen LogP contribution in [0.3, 0.4) is 0 Å². The Morgan fingerprint density at radius 1 is 1.44 bits per heavy atom. The fourth-order valence-corrected chi connectivity index (χ4v) is 2.59. The topological polar surface area (TPSA) is 83.8 Å². The summed E-state index contributed by atoms with van der Waals surface area (Å²) in [6.45, 7) is 4.85. The SMILES string of the molecule is Cc1[nH]nc(N)c1C(=O)NCC1CCC(C)CC1. The Balaban J connectivity index is 1.85. The molecule has 1 aliphatic carbocycles. The van der Waals surface area contributed by atoms with Crippen LogP contribution >= 0.6 is 0 Å². The number of nitrogens with one attached hydrogen (secondary N) is 2. The molecule has 0 aliphatic heterocycles. The van der Waals surface area contributed by atoms with E-state index in [1.165, 1.54) is 25.7 Å². The van der Waals surface area contributed by atoms with Crippen LogP contribution in [0.1, 0.15) is 48.7 Å². The Morgan fingerprint density at radius 3 is 2.67 bits per heavy atom. The van der Waals surface area contributed by atoms with Crippen molar-refractivity contribution in [1.29, 1.82) is 0 Å². The lowest BCUT2D eigenvalue weighted by Crippen LogP contribution is -2.31. The summed E-state index contributed by atoms with van der Waals surface area (Å²) < 4.78 is 0. The van der Waals surface area contributed by atoms with Gasteiger partial charge in [0.1, 0.15) is 5.56 Å². The summed E-state index contributed by atoms with van der Waals surface area (Å²) in [4.78, 5) is 12.0. The monoisotopic (exact) mass is 250 g/mol. The maximum absolute atomic E-state index is 12.0. The van der Waals surface area contributed by atoms with Gasteiger partial charge in [0.2, 0.25) is 0 Å². The van der Waals surface area contributed by atoms with E-state index in [0.29, 0.717) is 11.5 Å². The molecule has 0 unspecified atom stereocenters. The highest BCUT2D eigenvalue weighted by molar-refractivity contribution is 5.99. The third-order valence-electron chi connectivity index (χ3n) is 3.89. The Hall–Kier alpha value is -1.52. The molecule has 18 heavy (non-hydrogen) atoms. The number of aryl methyl sites for hydroxylation is 1. The van der Waals surface area contributed by atoms with Crippen molar-refractivity contribution in [3.8, 4) is 0 Å². The third kappa shape index (κ3) is 2.83. The first-order chi connectivity index (χ1) is 8.58. The summed E-state index contributed by atoms with van der Waals surface area (Å²) in [5, 5.41) is 9.53.